The summed E-state index contributed by atoms with van der Waals surface area (Å²) in [6.07, 6.45) is 8.91. The number of quaternary nitrogens is 1. The monoisotopic (exact) mass is 275 g/mol. The summed E-state index contributed by atoms with van der Waals surface area (Å²) in [7, 11) is 0. The number of thiophene rings is 1. The van der Waals surface area contributed by atoms with E-state index in [1.54, 1.807) is 0 Å². The summed E-state index contributed by atoms with van der Waals surface area (Å²) in [4.78, 5) is 14.8. The summed E-state index contributed by atoms with van der Waals surface area (Å²) >= 11 is 1.87. The highest BCUT2D eigenvalue weighted by molar-refractivity contribution is 7.10. The molecule has 1 aliphatic carbocycles. The van der Waals surface area contributed by atoms with E-state index in [0.717, 1.165) is 18.9 Å². The van der Waals surface area contributed by atoms with Crippen molar-refractivity contribution in [1.82, 2.24) is 5.32 Å². The van der Waals surface area contributed by atoms with Gasteiger partial charge in [0.15, 0.2) is 6.54 Å². The molecular weight excluding hydrogens is 256 g/mol. The van der Waals surface area contributed by atoms with Crippen LogP contribution in [0.1, 0.15) is 29.3 Å². The summed E-state index contributed by atoms with van der Waals surface area (Å²) in [6.45, 7) is 1.96. The molecule has 4 heteroatoms. The predicted molar refractivity (Wildman–Crippen MR) is 76.0 cm³/mol. The second-order valence-electron chi connectivity index (χ2n) is 5.43. The zero-order valence-electron chi connectivity index (χ0n) is 10.9. The lowest BCUT2D eigenvalue weighted by molar-refractivity contribution is -0.928. The van der Waals surface area contributed by atoms with Crippen LogP contribution in [-0.2, 0) is 11.2 Å². The molecule has 0 aromatic carbocycles. The Kier molecular flexibility index (Phi) is 3.58. The van der Waals surface area contributed by atoms with Gasteiger partial charge in [-0.3, -0.25) is 4.79 Å². The van der Waals surface area contributed by atoms with Gasteiger partial charge in [0.25, 0.3) is 5.91 Å². The molecule has 100 valence electrons. The molecule has 0 spiro atoms. The topological polar surface area (TPSA) is 33.5 Å². The Morgan fingerprint density at radius 3 is 3.16 bits per heavy atom. The fourth-order valence-electron chi connectivity index (χ4n) is 3.11. The first kappa shape index (κ1) is 12.7. The molecule has 2 atom stereocenters. The number of rotatable bonds is 4. The number of nitrogens with one attached hydrogen (secondary N) is 2. The van der Waals surface area contributed by atoms with Crippen LogP contribution in [-0.4, -0.2) is 25.5 Å². The molecule has 0 saturated heterocycles. The molecule has 1 aliphatic heterocycles. The normalized spacial score (nSPS) is 25.4. The summed E-state index contributed by atoms with van der Waals surface area (Å²) in [6, 6.07) is 2.80. The fourth-order valence-corrected chi connectivity index (χ4v) is 4.04. The van der Waals surface area contributed by atoms with E-state index < -0.39 is 0 Å². The van der Waals surface area contributed by atoms with Crippen LogP contribution < -0.4 is 10.2 Å². The molecule has 2 aliphatic rings. The number of carbonyl (C=O) groups excluding carboxylic acids is 1. The fraction of sp³-hybridized carbons (Fsp3) is 0.533. The molecular formula is C15H19N2OS+. The van der Waals surface area contributed by atoms with Gasteiger partial charge in [-0.05, 0) is 24.3 Å². The van der Waals surface area contributed by atoms with E-state index in [-0.39, 0.29) is 5.91 Å². The van der Waals surface area contributed by atoms with Crippen LogP contribution >= 0.6 is 11.3 Å². The Bertz CT molecular complexity index is 512. The molecule has 2 heterocycles. The Morgan fingerprint density at radius 2 is 2.42 bits per heavy atom. The summed E-state index contributed by atoms with van der Waals surface area (Å²) < 4.78 is 0. The molecule has 19 heavy (non-hydrogen) atoms. The molecule has 2 N–H and O–H groups in total. The molecule has 0 bridgehead atoms. The summed E-state index contributed by atoms with van der Waals surface area (Å²) in [5.74, 6) is 3.32. The lowest BCUT2D eigenvalue weighted by atomic mass is 9.96. The maximum Gasteiger partial charge on any atom is 0.275 e. The average molecular weight is 275 g/mol. The summed E-state index contributed by atoms with van der Waals surface area (Å²) in [5, 5.41) is 4.98. The lowest BCUT2D eigenvalue weighted by Crippen LogP contribution is -3.14. The van der Waals surface area contributed by atoms with Crippen LogP contribution in [0.5, 0.6) is 0 Å². The maximum atomic E-state index is 11.9. The van der Waals surface area contributed by atoms with Crippen molar-refractivity contribution in [2.24, 2.45) is 5.92 Å². The van der Waals surface area contributed by atoms with Crippen molar-refractivity contribution < 1.29 is 9.69 Å². The van der Waals surface area contributed by atoms with Gasteiger partial charge in [0.2, 0.25) is 0 Å². The molecule has 1 saturated carbocycles. The number of terminal acetylenes is 1. The smallest absolute Gasteiger partial charge is 0.275 e. The van der Waals surface area contributed by atoms with Gasteiger partial charge in [-0.25, -0.2) is 0 Å². The second kappa shape index (κ2) is 5.36. The van der Waals surface area contributed by atoms with Crippen LogP contribution in [0.2, 0.25) is 0 Å². The highest BCUT2D eigenvalue weighted by atomic mass is 32.1. The van der Waals surface area contributed by atoms with E-state index >= 15 is 0 Å². The van der Waals surface area contributed by atoms with E-state index in [1.807, 2.05) is 11.3 Å². The van der Waals surface area contributed by atoms with Gasteiger partial charge >= 0.3 is 0 Å². The summed E-state index contributed by atoms with van der Waals surface area (Å²) in [5.41, 5.74) is 1.50. The van der Waals surface area contributed by atoms with E-state index in [0.29, 0.717) is 19.1 Å². The highest BCUT2D eigenvalue weighted by Gasteiger charge is 2.43. The third-order valence-corrected chi connectivity index (χ3v) is 5.09. The van der Waals surface area contributed by atoms with E-state index in [4.69, 9.17) is 6.42 Å². The largest absolute Gasteiger partial charge is 0.340 e. The highest BCUT2D eigenvalue weighted by Crippen LogP contribution is 2.42. The quantitative estimate of drug-likeness (QED) is 0.766. The van der Waals surface area contributed by atoms with Crippen LogP contribution in [0.4, 0.5) is 0 Å². The van der Waals surface area contributed by atoms with Gasteiger partial charge in [-0.1, -0.05) is 5.92 Å². The minimum atomic E-state index is 0.0808. The zero-order chi connectivity index (χ0) is 13.2. The van der Waals surface area contributed by atoms with Crippen molar-refractivity contribution in [1.29, 1.82) is 0 Å². The number of hydrogen-bond donors (Lipinski definition) is 2. The number of hydrogen-bond acceptors (Lipinski definition) is 2. The Morgan fingerprint density at radius 1 is 1.58 bits per heavy atom. The minimum Gasteiger partial charge on any atom is -0.340 e. The molecule has 0 radical (unpaired) electrons. The Hall–Kier alpha value is -1.31. The van der Waals surface area contributed by atoms with E-state index in [9.17, 15) is 4.79 Å². The maximum absolute atomic E-state index is 11.9. The molecule has 1 fully saturated rings. The van der Waals surface area contributed by atoms with Crippen LogP contribution in [0.25, 0.3) is 0 Å². The number of carbonyl (C=O) groups is 1. The third kappa shape index (κ3) is 2.68. The van der Waals surface area contributed by atoms with Gasteiger partial charge in [0.1, 0.15) is 6.04 Å². The number of amides is 1. The molecule has 1 aromatic heterocycles. The van der Waals surface area contributed by atoms with Crippen LogP contribution in [0, 0.1) is 18.3 Å². The Balaban J connectivity index is 1.71. The van der Waals surface area contributed by atoms with Crippen molar-refractivity contribution in [2.45, 2.75) is 25.3 Å². The molecule has 1 amide bonds. The van der Waals surface area contributed by atoms with Crippen LogP contribution in [0.15, 0.2) is 11.4 Å². The van der Waals surface area contributed by atoms with Gasteiger partial charge in [0, 0.05) is 22.8 Å². The van der Waals surface area contributed by atoms with Crippen molar-refractivity contribution >= 4 is 17.2 Å². The molecule has 3 nitrogen and oxygen atoms in total. The van der Waals surface area contributed by atoms with E-state index in [2.05, 4.69) is 22.7 Å². The number of fused-ring (bicyclic) bond motifs is 1. The first-order valence-electron chi connectivity index (χ1n) is 6.90. The lowest BCUT2D eigenvalue weighted by Gasteiger charge is -2.32. The van der Waals surface area contributed by atoms with Crippen molar-refractivity contribution in [3.05, 3.63) is 21.9 Å². The minimum absolute atomic E-state index is 0.0808. The van der Waals surface area contributed by atoms with Gasteiger partial charge in [-0.2, -0.15) is 0 Å². The van der Waals surface area contributed by atoms with E-state index in [1.165, 1.54) is 28.2 Å². The third-order valence-electron chi connectivity index (χ3n) is 4.10. The average Bonchev–Trinajstić information content (AvgIpc) is 3.13. The Labute approximate surface area is 118 Å². The van der Waals surface area contributed by atoms with Crippen LogP contribution in [0.3, 0.4) is 0 Å². The molecule has 1 aromatic rings. The second-order valence-corrected chi connectivity index (χ2v) is 6.43. The molecule has 3 rings (SSSR count). The predicted octanol–water partition coefficient (Wildman–Crippen LogP) is 0.390. The first-order chi connectivity index (χ1) is 9.29. The van der Waals surface area contributed by atoms with Crippen molar-refractivity contribution in [2.75, 3.05) is 19.6 Å². The van der Waals surface area contributed by atoms with Gasteiger partial charge in [0.05, 0.1) is 13.1 Å². The van der Waals surface area contributed by atoms with Crippen molar-refractivity contribution in [3.63, 3.8) is 0 Å². The van der Waals surface area contributed by atoms with Gasteiger partial charge in [-0.15, -0.1) is 17.8 Å². The van der Waals surface area contributed by atoms with Gasteiger partial charge < -0.3 is 10.2 Å². The standard InChI is InChI=1S/C15H18N2OS/c1-2-7-16-14(18)10-17-8-5-13-12(6-9-19-13)15(17)11-3-4-11/h1,6,9,11,15H,3-5,7-8,10H2,(H,16,18)/p+1/t15-/m1/s1. The van der Waals surface area contributed by atoms with Crippen molar-refractivity contribution in [3.8, 4) is 12.3 Å². The zero-order valence-corrected chi connectivity index (χ0v) is 11.8. The molecule has 1 unspecified atom stereocenters. The first-order valence-corrected chi connectivity index (χ1v) is 7.78. The SMILES string of the molecule is C#CCNC(=O)C[NH+]1CCc2sccc2[C@H]1C1CC1.